The number of nitrogens with one attached hydrogen (secondary N) is 2. The highest BCUT2D eigenvalue weighted by atomic mass is 32.2. The lowest BCUT2D eigenvalue weighted by Gasteiger charge is -2.28. The average Bonchev–Trinajstić information content (AvgIpc) is 3.45. The van der Waals surface area contributed by atoms with Crippen molar-refractivity contribution in [2.45, 2.75) is 17.9 Å². The van der Waals surface area contributed by atoms with Gasteiger partial charge in [0, 0.05) is 23.3 Å². The molecule has 2 aromatic heterocycles. The van der Waals surface area contributed by atoms with Crippen LogP contribution in [0, 0.1) is 0 Å². The molecule has 14 heteroatoms. The third-order valence-corrected chi connectivity index (χ3v) is 7.18. The molecule has 0 radical (unpaired) electrons. The van der Waals surface area contributed by atoms with Crippen molar-refractivity contribution < 1.29 is 23.4 Å². The predicted molar refractivity (Wildman–Crippen MR) is 142 cm³/mol. The minimum absolute atomic E-state index is 0.0688. The Labute approximate surface area is 217 Å². The van der Waals surface area contributed by atoms with Crippen LogP contribution < -0.4 is 21.5 Å². The molecule has 0 spiro atoms. The van der Waals surface area contributed by atoms with Crippen molar-refractivity contribution in [1.29, 1.82) is 0 Å². The Balaban J connectivity index is 1.33. The number of rotatable bonds is 8. The van der Waals surface area contributed by atoms with Crippen LogP contribution in [0.25, 0.3) is 17.2 Å². The van der Waals surface area contributed by atoms with E-state index >= 15 is 0 Å². The number of hydrogen-bond acceptors (Lipinski definition) is 11. The van der Waals surface area contributed by atoms with Crippen molar-refractivity contribution in [3.63, 3.8) is 0 Å². The second-order valence-electron chi connectivity index (χ2n) is 8.71. The number of aliphatic hydroxyl groups excluding tert-OH is 1. The van der Waals surface area contributed by atoms with E-state index in [2.05, 4.69) is 25.0 Å². The molecule has 198 valence electrons. The number of hydrogen-bond donors (Lipinski definition) is 6. The number of nitrogen functional groups attached to an aromatic ring is 2. The topological polar surface area (TPSA) is 204 Å². The average molecular weight is 539 g/mol. The van der Waals surface area contributed by atoms with E-state index < -0.39 is 28.0 Å². The Morgan fingerprint density at radius 1 is 1.13 bits per heavy atom. The van der Waals surface area contributed by atoms with Gasteiger partial charge in [-0.15, -0.1) is 0 Å². The molecule has 0 amide bonds. The van der Waals surface area contributed by atoms with Crippen LogP contribution in [0.15, 0.2) is 66.3 Å². The van der Waals surface area contributed by atoms with E-state index in [1.165, 1.54) is 17.0 Å². The lowest BCUT2D eigenvalue weighted by Crippen LogP contribution is -2.48. The molecule has 1 fully saturated rings. The maximum Gasteiger partial charge on any atom is 0.233 e. The number of nitrogens with zero attached hydrogens (tertiary/aromatic N) is 4. The Hall–Kier alpha value is -4.08. The molecule has 4 aromatic rings. The zero-order valence-electron chi connectivity index (χ0n) is 20.0. The van der Waals surface area contributed by atoms with Gasteiger partial charge in [-0.05, 0) is 29.8 Å². The molecule has 0 unspecified atom stereocenters. The molecule has 0 aliphatic carbocycles. The fraction of sp³-hybridized carbons (Fsp3) is 0.208. The summed E-state index contributed by atoms with van der Waals surface area (Å²) in [5.74, 6) is 0.231. The maximum absolute atomic E-state index is 12.5. The van der Waals surface area contributed by atoms with Crippen LogP contribution >= 0.6 is 0 Å². The molecule has 0 saturated carbocycles. The molecular formula is C24H26N8O5S. The molecule has 1 aliphatic rings. The quantitative estimate of drug-likeness (QED) is 0.173. The SMILES string of the molecule is Nc1ccccc1/C=C/S(=O)(=O)NC[C@H]1OC[C@@](O)(n2cnc3c(N)nc(Nc4ccccc4)nc32)[C@@H]1O. The van der Waals surface area contributed by atoms with Gasteiger partial charge in [0.2, 0.25) is 16.0 Å². The zero-order valence-corrected chi connectivity index (χ0v) is 20.8. The Morgan fingerprint density at radius 2 is 1.87 bits per heavy atom. The van der Waals surface area contributed by atoms with Crippen molar-refractivity contribution in [2.24, 2.45) is 0 Å². The fourth-order valence-electron chi connectivity index (χ4n) is 4.07. The highest BCUT2D eigenvalue weighted by Gasteiger charge is 2.50. The van der Waals surface area contributed by atoms with Crippen molar-refractivity contribution in [3.8, 4) is 0 Å². The molecule has 8 N–H and O–H groups in total. The van der Waals surface area contributed by atoms with E-state index in [0.717, 1.165) is 11.1 Å². The summed E-state index contributed by atoms with van der Waals surface area (Å²) < 4.78 is 34.1. The lowest BCUT2D eigenvalue weighted by molar-refractivity contribution is -0.107. The standard InChI is InChI=1S/C24H26N8O5S/c25-17-9-5-4-6-15(17)10-11-38(35,36)28-12-18-20(33)24(34,13-37-18)32-14-27-19-21(26)30-23(31-22(19)32)29-16-7-2-1-3-8-16/h1-11,14,18,20,28,33-34H,12-13,25H2,(H3,26,29,30,31)/b11-10+/t18-,20-,24+/m1/s1. The fourth-order valence-corrected chi connectivity index (χ4v) is 4.89. The maximum atomic E-state index is 12.5. The molecule has 1 saturated heterocycles. The van der Waals surface area contributed by atoms with Crippen LogP contribution in [-0.4, -0.2) is 63.5 Å². The molecule has 3 heterocycles. The molecule has 13 nitrogen and oxygen atoms in total. The summed E-state index contributed by atoms with van der Waals surface area (Å²) in [6.45, 7) is -0.654. The lowest BCUT2D eigenvalue weighted by atomic mass is 10.1. The van der Waals surface area contributed by atoms with Crippen molar-refractivity contribution in [2.75, 3.05) is 29.9 Å². The molecule has 3 atom stereocenters. The van der Waals surface area contributed by atoms with Crippen molar-refractivity contribution >= 4 is 50.4 Å². The summed E-state index contributed by atoms with van der Waals surface area (Å²) in [6.07, 6.45) is 0.0400. The third-order valence-electron chi connectivity index (χ3n) is 6.11. The smallest absolute Gasteiger partial charge is 0.233 e. The van der Waals surface area contributed by atoms with E-state index in [9.17, 15) is 18.6 Å². The van der Waals surface area contributed by atoms with Crippen LogP contribution in [0.1, 0.15) is 5.56 Å². The van der Waals surface area contributed by atoms with E-state index in [4.69, 9.17) is 16.2 Å². The van der Waals surface area contributed by atoms with E-state index in [1.807, 2.05) is 30.3 Å². The summed E-state index contributed by atoms with van der Waals surface area (Å²) in [4.78, 5) is 12.8. The van der Waals surface area contributed by atoms with Crippen LogP contribution in [0.5, 0.6) is 0 Å². The molecule has 2 aromatic carbocycles. The van der Waals surface area contributed by atoms with Crippen molar-refractivity contribution in [3.05, 3.63) is 71.9 Å². The van der Waals surface area contributed by atoms with E-state index in [0.29, 0.717) is 11.3 Å². The highest BCUT2D eigenvalue weighted by molar-refractivity contribution is 7.92. The molecule has 5 rings (SSSR count). The second-order valence-corrected chi connectivity index (χ2v) is 10.4. The van der Waals surface area contributed by atoms with Gasteiger partial charge in [-0.25, -0.2) is 18.1 Å². The van der Waals surface area contributed by atoms with Crippen LogP contribution in [0.3, 0.4) is 0 Å². The predicted octanol–water partition coefficient (Wildman–Crippen LogP) is 0.729. The summed E-state index contributed by atoms with van der Waals surface area (Å²) in [6, 6.07) is 16.0. The minimum atomic E-state index is -3.90. The molecule has 1 aliphatic heterocycles. The van der Waals surface area contributed by atoms with Crippen LogP contribution in [0.4, 0.5) is 23.1 Å². The Kier molecular flexibility index (Phi) is 6.73. The summed E-state index contributed by atoms with van der Waals surface area (Å²) in [7, 11) is -3.90. The first kappa shape index (κ1) is 25.6. The number of sulfonamides is 1. The number of nitrogens with two attached hydrogens (primary N) is 2. The minimum Gasteiger partial charge on any atom is -0.398 e. The van der Waals surface area contributed by atoms with Crippen molar-refractivity contribution in [1.82, 2.24) is 24.2 Å². The van der Waals surface area contributed by atoms with Gasteiger partial charge in [0.25, 0.3) is 0 Å². The highest BCUT2D eigenvalue weighted by Crippen LogP contribution is 2.33. The van der Waals surface area contributed by atoms with Gasteiger partial charge in [-0.3, -0.25) is 4.57 Å². The number of imidazole rings is 1. The molecular weight excluding hydrogens is 512 g/mol. The number of anilines is 4. The second kappa shape index (κ2) is 10.00. The largest absolute Gasteiger partial charge is 0.398 e. The summed E-state index contributed by atoms with van der Waals surface area (Å²) in [5, 5.41) is 26.4. The van der Waals surface area contributed by atoms with Gasteiger partial charge in [-0.2, -0.15) is 9.97 Å². The van der Waals surface area contributed by atoms with Gasteiger partial charge in [0.15, 0.2) is 17.2 Å². The third kappa shape index (κ3) is 5.03. The monoisotopic (exact) mass is 538 g/mol. The first-order valence-electron chi connectivity index (χ1n) is 11.5. The van der Waals surface area contributed by atoms with Gasteiger partial charge >= 0.3 is 0 Å². The van der Waals surface area contributed by atoms with Crippen LogP contribution in [0.2, 0.25) is 0 Å². The molecule has 0 bridgehead atoms. The first-order valence-corrected chi connectivity index (χ1v) is 13.1. The summed E-state index contributed by atoms with van der Waals surface area (Å²) >= 11 is 0. The van der Waals surface area contributed by atoms with Gasteiger partial charge < -0.3 is 31.7 Å². The Bertz CT molecular complexity index is 1590. The zero-order chi connectivity index (χ0) is 26.9. The number of fused-ring (bicyclic) bond motifs is 1. The number of para-hydroxylation sites is 2. The van der Waals surface area contributed by atoms with Gasteiger partial charge in [0.1, 0.15) is 17.7 Å². The number of aromatic nitrogens is 4. The summed E-state index contributed by atoms with van der Waals surface area (Å²) in [5.41, 5.74) is 12.0. The van der Waals surface area contributed by atoms with Gasteiger partial charge in [0.05, 0.1) is 12.9 Å². The van der Waals surface area contributed by atoms with Gasteiger partial charge in [-0.1, -0.05) is 36.4 Å². The number of benzene rings is 2. The van der Waals surface area contributed by atoms with E-state index in [1.54, 1.807) is 24.3 Å². The Morgan fingerprint density at radius 3 is 2.63 bits per heavy atom. The normalized spacial score (nSPS) is 21.8. The number of aliphatic hydroxyl groups is 2. The first-order chi connectivity index (χ1) is 18.2. The number of ether oxygens (including phenoxy) is 1. The van der Waals surface area contributed by atoms with E-state index in [-0.39, 0.29) is 36.1 Å². The molecule has 38 heavy (non-hydrogen) atoms. The van der Waals surface area contributed by atoms with Crippen LogP contribution in [-0.2, 0) is 20.5 Å².